The van der Waals surface area contributed by atoms with Gasteiger partial charge in [0.05, 0.1) is 18.7 Å². The monoisotopic (exact) mass is 449 g/mol. The average molecular weight is 450 g/mol. The van der Waals surface area contributed by atoms with Gasteiger partial charge in [0.1, 0.15) is 11.5 Å². The molecule has 8 heteroatoms. The van der Waals surface area contributed by atoms with Crippen LogP contribution >= 0.6 is 11.6 Å². The lowest BCUT2D eigenvalue weighted by Gasteiger charge is -2.07. The lowest BCUT2D eigenvalue weighted by molar-refractivity contribution is -0.124. The van der Waals surface area contributed by atoms with Crippen LogP contribution in [0.2, 0.25) is 5.02 Å². The summed E-state index contributed by atoms with van der Waals surface area (Å²) in [5, 5.41) is 7.46. The lowest BCUT2D eigenvalue weighted by atomic mass is 10.1. The van der Waals surface area contributed by atoms with Crippen LogP contribution < -0.4 is 5.32 Å². The number of aromatic nitrogens is 2. The van der Waals surface area contributed by atoms with Crippen LogP contribution in [0.25, 0.3) is 11.3 Å². The van der Waals surface area contributed by atoms with Crippen molar-refractivity contribution in [1.82, 2.24) is 15.1 Å². The van der Waals surface area contributed by atoms with E-state index in [0.29, 0.717) is 28.7 Å². The first kappa shape index (κ1) is 21.4. The number of nitrogens with one attached hydrogen (secondary N) is 1. The minimum Gasteiger partial charge on any atom is -0.459 e. The molecule has 0 aliphatic heterocycles. The minimum absolute atomic E-state index is 0.187. The summed E-state index contributed by atoms with van der Waals surface area (Å²) in [7, 11) is 0. The molecule has 162 valence electrons. The smallest absolute Gasteiger partial charge is 0.338 e. The van der Waals surface area contributed by atoms with Crippen molar-refractivity contribution in [2.45, 2.75) is 13.1 Å². The predicted octanol–water partition coefficient (Wildman–Crippen LogP) is 4.32. The van der Waals surface area contributed by atoms with E-state index in [-0.39, 0.29) is 13.2 Å². The summed E-state index contributed by atoms with van der Waals surface area (Å²) in [6.45, 7) is 0.419. The van der Waals surface area contributed by atoms with Gasteiger partial charge < -0.3 is 14.5 Å². The van der Waals surface area contributed by atoms with Gasteiger partial charge in [-0.2, -0.15) is 5.10 Å². The maximum absolute atomic E-state index is 12.2. The molecule has 32 heavy (non-hydrogen) atoms. The third kappa shape index (κ3) is 5.65. The van der Waals surface area contributed by atoms with E-state index in [0.717, 1.165) is 11.1 Å². The van der Waals surface area contributed by atoms with Gasteiger partial charge in [-0.25, -0.2) is 4.79 Å². The highest BCUT2D eigenvalue weighted by atomic mass is 35.5. The normalized spacial score (nSPS) is 10.7. The molecule has 0 aliphatic carbocycles. The average Bonchev–Trinajstić information content (AvgIpc) is 3.49. The number of esters is 1. The van der Waals surface area contributed by atoms with E-state index in [1.54, 1.807) is 41.2 Å². The molecule has 4 rings (SSSR count). The summed E-state index contributed by atoms with van der Waals surface area (Å²) >= 11 is 5.90. The molecule has 2 aromatic heterocycles. The van der Waals surface area contributed by atoms with Gasteiger partial charge in [-0.05, 0) is 60.2 Å². The molecule has 2 heterocycles. The van der Waals surface area contributed by atoms with Crippen molar-refractivity contribution in [3.05, 3.63) is 101 Å². The van der Waals surface area contributed by atoms with Gasteiger partial charge in [-0.15, -0.1) is 0 Å². The van der Waals surface area contributed by atoms with E-state index in [1.807, 2.05) is 42.6 Å². The molecule has 1 amide bonds. The highest BCUT2D eigenvalue weighted by Crippen LogP contribution is 2.23. The summed E-state index contributed by atoms with van der Waals surface area (Å²) in [5.41, 5.74) is 2.26. The SMILES string of the molecule is O=C(COC(=O)c1ccc(Cn2cccn2)cc1)NCc1ccc(-c2ccc(Cl)cc2)o1. The molecule has 7 nitrogen and oxygen atoms in total. The Morgan fingerprint density at radius 3 is 2.53 bits per heavy atom. The quantitative estimate of drug-likeness (QED) is 0.405. The second-order valence-corrected chi connectivity index (χ2v) is 7.46. The summed E-state index contributed by atoms with van der Waals surface area (Å²) in [5.74, 6) is 0.280. The van der Waals surface area contributed by atoms with Gasteiger partial charge in [0, 0.05) is 23.0 Å². The Morgan fingerprint density at radius 2 is 1.81 bits per heavy atom. The number of hydrogen-bond donors (Lipinski definition) is 1. The van der Waals surface area contributed by atoms with Crippen molar-refractivity contribution in [3.8, 4) is 11.3 Å². The van der Waals surface area contributed by atoms with Crippen LogP contribution in [-0.4, -0.2) is 28.3 Å². The van der Waals surface area contributed by atoms with E-state index in [1.165, 1.54) is 0 Å². The number of carbonyl (C=O) groups is 2. The second-order valence-electron chi connectivity index (χ2n) is 7.03. The van der Waals surface area contributed by atoms with Crippen molar-refractivity contribution in [2.24, 2.45) is 0 Å². The van der Waals surface area contributed by atoms with Crippen LogP contribution in [0.1, 0.15) is 21.7 Å². The van der Waals surface area contributed by atoms with Crippen molar-refractivity contribution in [1.29, 1.82) is 0 Å². The molecular weight excluding hydrogens is 430 g/mol. The fourth-order valence-corrected chi connectivity index (χ4v) is 3.15. The fraction of sp³-hybridized carbons (Fsp3) is 0.125. The number of carbonyl (C=O) groups excluding carboxylic acids is 2. The molecule has 0 bridgehead atoms. The zero-order valence-corrected chi connectivity index (χ0v) is 17.8. The lowest BCUT2D eigenvalue weighted by Crippen LogP contribution is -2.28. The van der Waals surface area contributed by atoms with Crippen LogP contribution in [0, 0.1) is 0 Å². The van der Waals surface area contributed by atoms with E-state index < -0.39 is 11.9 Å². The highest BCUT2D eigenvalue weighted by Gasteiger charge is 2.11. The van der Waals surface area contributed by atoms with Crippen LogP contribution in [0.4, 0.5) is 0 Å². The molecule has 0 unspecified atom stereocenters. The summed E-state index contributed by atoms with van der Waals surface area (Å²) in [6, 6.07) is 19.7. The molecule has 0 radical (unpaired) electrons. The maximum Gasteiger partial charge on any atom is 0.338 e. The molecule has 0 atom stereocenters. The molecule has 0 fully saturated rings. The Kier molecular flexibility index (Phi) is 6.67. The van der Waals surface area contributed by atoms with Gasteiger partial charge in [-0.3, -0.25) is 9.48 Å². The van der Waals surface area contributed by atoms with Crippen LogP contribution in [0.3, 0.4) is 0 Å². The second kappa shape index (κ2) is 9.98. The Hall–Kier alpha value is -3.84. The van der Waals surface area contributed by atoms with Gasteiger partial charge in [0.15, 0.2) is 6.61 Å². The Balaban J connectivity index is 1.22. The van der Waals surface area contributed by atoms with Crippen LogP contribution in [0.15, 0.2) is 83.5 Å². The first-order valence-electron chi connectivity index (χ1n) is 9.92. The maximum atomic E-state index is 12.2. The van der Waals surface area contributed by atoms with E-state index in [4.69, 9.17) is 20.8 Å². The summed E-state index contributed by atoms with van der Waals surface area (Å²) < 4.78 is 12.6. The number of rotatable bonds is 8. The number of amides is 1. The number of nitrogens with zero attached hydrogens (tertiary/aromatic N) is 2. The van der Waals surface area contributed by atoms with Crippen molar-refractivity contribution in [3.63, 3.8) is 0 Å². The molecule has 4 aromatic rings. The molecule has 0 aliphatic rings. The van der Waals surface area contributed by atoms with Crippen LogP contribution in [0.5, 0.6) is 0 Å². The Bertz CT molecular complexity index is 1180. The van der Waals surface area contributed by atoms with Crippen molar-refractivity contribution >= 4 is 23.5 Å². The zero-order valence-electron chi connectivity index (χ0n) is 17.0. The molecule has 0 saturated heterocycles. The van der Waals surface area contributed by atoms with Crippen molar-refractivity contribution < 1.29 is 18.7 Å². The standard InChI is InChI=1S/C24H20ClN3O4/c25-20-8-6-18(7-9-20)22-11-10-21(32-22)14-26-23(29)16-31-24(30)19-4-2-17(3-5-19)15-28-13-1-12-27-28/h1-13H,14-16H2,(H,26,29). The largest absolute Gasteiger partial charge is 0.459 e. The van der Waals surface area contributed by atoms with Gasteiger partial charge >= 0.3 is 5.97 Å². The first-order valence-corrected chi connectivity index (χ1v) is 10.3. The predicted molar refractivity (Wildman–Crippen MR) is 119 cm³/mol. The van der Waals surface area contributed by atoms with E-state index >= 15 is 0 Å². The van der Waals surface area contributed by atoms with Gasteiger partial charge in [0.2, 0.25) is 0 Å². The third-order valence-corrected chi connectivity index (χ3v) is 4.93. The third-order valence-electron chi connectivity index (χ3n) is 4.68. The van der Waals surface area contributed by atoms with Gasteiger partial charge in [0.25, 0.3) is 5.91 Å². The van der Waals surface area contributed by atoms with Crippen molar-refractivity contribution in [2.75, 3.05) is 6.61 Å². The zero-order chi connectivity index (χ0) is 22.3. The summed E-state index contributed by atoms with van der Waals surface area (Å²) in [6.07, 6.45) is 3.57. The molecule has 0 spiro atoms. The fourth-order valence-electron chi connectivity index (χ4n) is 3.02. The number of ether oxygens (including phenoxy) is 1. The number of hydrogen-bond acceptors (Lipinski definition) is 5. The Labute approximate surface area is 189 Å². The molecule has 2 aromatic carbocycles. The molecular formula is C24H20ClN3O4. The first-order chi connectivity index (χ1) is 15.6. The van der Waals surface area contributed by atoms with E-state index in [2.05, 4.69) is 10.4 Å². The molecule has 0 saturated carbocycles. The highest BCUT2D eigenvalue weighted by molar-refractivity contribution is 6.30. The topological polar surface area (TPSA) is 86.4 Å². The minimum atomic E-state index is -0.561. The summed E-state index contributed by atoms with van der Waals surface area (Å²) in [4.78, 5) is 24.2. The Morgan fingerprint density at radius 1 is 1.03 bits per heavy atom. The number of furan rings is 1. The van der Waals surface area contributed by atoms with Crippen LogP contribution in [-0.2, 0) is 22.6 Å². The van der Waals surface area contributed by atoms with Gasteiger partial charge in [-0.1, -0.05) is 23.7 Å². The van der Waals surface area contributed by atoms with E-state index in [9.17, 15) is 9.59 Å². The number of benzene rings is 2. The number of halogens is 1. The molecule has 1 N–H and O–H groups in total.